The minimum absolute atomic E-state index is 0.650. The van der Waals surface area contributed by atoms with Gasteiger partial charge in [-0.3, -0.25) is 0 Å². The predicted octanol–water partition coefficient (Wildman–Crippen LogP) is 2.97. The Kier molecular flexibility index (Phi) is 2.99. The van der Waals surface area contributed by atoms with Gasteiger partial charge in [0.25, 0.3) is 0 Å². The highest BCUT2D eigenvalue weighted by atomic mass is 14.9. The van der Waals surface area contributed by atoms with Gasteiger partial charge in [0.1, 0.15) is 0 Å². The molecular weight excluding hydrogens is 248 g/mol. The van der Waals surface area contributed by atoms with E-state index in [4.69, 9.17) is 10.5 Å². The first-order valence-corrected chi connectivity index (χ1v) is 6.34. The number of nitrogens with one attached hydrogen (secondary N) is 2. The second-order valence-corrected chi connectivity index (χ2v) is 4.67. The summed E-state index contributed by atoms with van der Waals surface area (Å²) in [6, 6.07) is 15.6. The molecule has 0 radical (unpaired) electrons. The first kappa shape index (κ1) is 12.1. The van der Waals surface area contributed by atoms with E-state index in [-0.39, 0.29) is 0 Å². The topological polar surface area (TPSA) is 71.6 Å². The summed E-state index contributed by atoms with van der Waals surface area (Å²) >= 11 is 0. The van der Waals surface area contributed by atoms with Gasteiger partial charge in [0.2, 0.25) is 0 Å². The molecule has 1 heterocycles. The van der Waals surface area contributed by atoms with E-state index in [1.54, 1.807) is 12.1 Å². The third-order valence-electron chi connectivity index (χ3n) is 3.41. The fourth-order valence-corrected chi connectivity index (χ4v) is 2.34. The molecule has 4 heteroatoms. The normalized spacial score (nSPS) is 12.3. The molecule has 0 unspecified atom stereocenters. The highest BCUT2D eigenvalue weighted by molar-refractivity contribution is 5.62. The lowest BCUT2D eigenvalue weighted by atomic mass is 10.0. The van der Waals surface area contributed by atoms with Gasteiger partial charge in [-0.2, -0.15) is 10.5 Å². The minimum Gasteiger partial charge on any atom is -0.381 e. The molecule has 1 aliphatic rings. The van der Waals surface area contributed by atoms with Crippen molar-refractivity contribution in [3.8, 4) is 12.1 Å². The van der Waals surface area contributed by atoms with E-state index < -0.39 is 0 Å². The molecule has 0 aromatic heterocycles. The molecule has 0 aliphatic carbocycles. The number of hydrogen-bond acceptors (Lipinski definition) is 4. The van der Waals surface area contributed by atoms with Crippen LogP contribution in [0.4, 0.5) is 11.4 Å². The maximum Gasteiger partial charge on any atom is 0.0991 e. The van der Waals surface area contributed by atoms with Crippen LogP contribution >= 0.6 is 0 Å². The summed E-state index contributed by atoms with van der Waals surface area (Å²) in [5.74, 6) is 0. The number of anilines is 2. The van der Waals surface area contributed by atoms with Crippen LogP contribution in [0.5, 0.6) is 0 Å². The lowest BCUT2D eigenvalue weighted by Gasteiger charge is -2.20. The number of nitriles is 2. The summed E-state index contributed by atoms with van der Waals surface area (Å²) in [6.45, 7) is 1.30. The Morgan fingerprint density at radius 1 is 0.750 bits per heavy atom. The number of hydrogen-bond donors (Lipinski definition) is 2. The molecular formula is C16H12N4. The third kappa shape index (κ3) is 2.15. The number of fused-ring (bicyclic) bond motifs is 2. The van der Waals surface area contributed by atoms with E-state index in [2.05, 4.69) is 22.8 Å². The lowest BCUT2D eigenvalue weighted by molar-refractivity contribution is 1.05. The first-order chi connectivity index (χ1) is 9.80. The van der Waals surface area contributed by atoms with Gasteiger partial charge in [-0.1, -0.05) is 0 Å². The zero-order chi connectivity index (χ0) is 13.9. The van der Waals surface area contributed by atoms with Crippen molar-refractivity contribution >= 4 is 11.4 Å². The van der Waals surface area contributed by atoms with Crippen LogP contribution in [-0.4, -0.2) is 0 Å². The van der Waals surface area contributed by atoms with Crippen molar-refractivity contribution in [2.24, 2.45) is 0 Å². The molecule has 4 nitrogen and oxygen atoms in total. The Labute approximate surface area is 117 Å². The fourth-order valence-electron chi connectivity index (χ4n) is 2.34. The number of benzene rings is 2. The van der Waals surface area contributed by atoms with Crippen LogP contribution < -0.4 is 10.6 Å². The fraction of sp³-hybridized carbons (Fsp3) is 0.125. The first-order valence-electron chi connectivity index (χ1n) is 6.34. The van der Waals surface area contributed by atoms with Gasteiger partial charge < -0.3 is 10.6 Å². The van der Waals surface area contributed by atoms with E-state index >= 15 is 0 Å². The number of rotatable bonds is 0. The van der Waals surface area contributed by atoms with E-state index in [1.165, 1.54) is 0 Å². The van der Waals surface area contributed by atoms with Crippen LogP contribution in [0.1, 0.15) is 22.3 Å². The van der Waals surface area contributed by atoms with Crippen LogP contribution in [0.2, 0.25) is 0 Å². The van der Waals surface area contributed by atoms with Crippen molar-refractivity contribution in [2.45, 2.75) is 13.1 Å². The Morgan fingerprint density at radius 3 is 1.60 bits per heavy atom. The maximum atomic E-state index is 8.96. The van der Waals surface area contributed by atoms with E-state index in [9.17, 15) is 0 Å². The molecule has 0 spiro atoms. The van der Waals surface area contributed by atoms with Gasteiger partial charge in [0, 0.05) is 24.5 Å². The highest BCUT2D eigenvalue weighted by Crippen LogP contribution is 2.26. The quantitative estimate of drug-likeness (QED) is 0.764. The second kappa shape index (κ2) is 4.95. The highest BCUT2D eigenvalue weighted by Gasteiger charge is 2.11. The van der Waals surface area contributed by atoms with Crippen LogP contribution in [0, 0.1) is 22.7 Å². The Morgan fingerprint density at radius 2 is 1.20 bits per heavy atom. The molecule has 0 amide bonds. The van der Waals surface area contributed by atoms with Crippen molar-refractivity contribution in [3.63, 3.8) is 0 Å². The average Bonchev–Trinajstić information content (AvgIpc) is 2.49. The molecule has 2 aromatic rings. The molecule has 0 saturated carbocycles. The molecule has 20 heavy (non-hydrogen) atoms. The summed E-state index contributed by atoms with van der Waals surface area (Å²) in [4.78, 5) is 0. The Hall–Kier alpha value is -2.98. The van der Waals surface area contributed by atoms with Gasteiger partial charge >= 0.3 is 0 Å². The molecule has 1 aliphatic heterocycles. The molecule has 0 atom stereocenters. The SMILES string of the molecule is N#Cc1ccc2c(c1)CNc1ccc(C#N)cc1CN2. The molecule has 0 bridgehead atoms. The number of nitrogens with zero attached hydrogens (tertiary/aromatic N) is 2. The molecule has 0 fully saturated rings. The van der Waals surface area contributed by atoms with Gasteiger partial charge in [0.15, 0.2) is 0 Å². The smallest absolute Gasteiger partial charge is 0.0991 e. The summed E-state index contributed by atoms with van der Waals surface area (Å²) < 4.78 is 0. The summed E-state index contributed by atoms with van der Waals surface area (Å²) in [5, 5.41) is 24.6. The van der Waals surface area contributed by atoms with Crippen LogP contribution in [0.15, 0.2) is 36.4 Å². The molecule has 96 valence electrons. The van der Waals surface area contributed by atoms with Crippen molar-refractivity contribution < 1.29 is 0 Å². The van der Waals surface area contributed by atoms with Gasteiger partial charge in [-0.25, -0.2) is 0 Å². The van der Waals surface area contributed by atoms with Crippen LogP contribution in [0.25, 0.3) is 0 Å². The largest absolute Gasteiger partial charge is 0.381 e. The van der Waals surface area contributed by atoms with Crippen molar-refractivity contribution in [2.75, 3.05) is 10.6 Å². The Bertz CT molecular complexity index is 685. The van der Waals surface area contributed by atoms with Crippen molar-refractivity contribution in [1.82, 2.24) is 0 Å². The van der Waals surface area contributed by atoms with Gasteiger partial charge in [0.05, 0.1) is 23.3 Å². The van der Waals surface area contributed by atoms with E-state index in [0.717, 1.165) is 22.5 Å². The zero-order valence-corrected chi connectivity index (χ0v) is 10.8. The summed E-state index contributed by atoms with van der Waals surface area (Å²) in [5.41, 5.74) is 5.49. The zero-order valence-electron chi connectivity index (χ0n) is 10.8. The molecule has 3 rings (SSSR count). The van der Waals surface area contributed by atoms with E-state index in [0.29, 0.717) is 24.2 Å². The van der Waals surface area contributed by atoms with Crippen LogP contribution in [-0.2, 0) is 13.1 Å². The average molecular weight is 260 g/mol. The second-order valence-electron chi connectivity index (χ2n) is 4.67. The monoisotopic (exact) mass is 260 g/mol. The van der Waals surface area contributed by atoms with E-state index in [1.807, 2.05) is 24.3 Å². The predicted molar refractivity (Wildman–Crippen MR) is 77.0 cm³/mol. The minimum atomic E-state index is 0.650. The summed E-state index contributed by atoms with van der Waals surface area (Å²) in [6.07, 6.45) is 0. The third-order valence-corrected chi connectivity index (χ3v) is 3.41. The van der Waals surface area contributed by atoms with Crippen molar-refractivity contribution in [1.29, 1.82) is 10.5 Å². The molecule has 0 saturated heterocycles. The summed E-state index contributed by atoms with van der Waals surface area (Å²) in [7, 11) is 0. The van der Waals surface area contributed by atoms with Gasteiger partial charge in [-0.05, 0) is 47.5 Å². The standard InChI is InChI=1S/C16H12N4/c17-7-11-1-3-15-13(5-11)9-20-16-4-2-12(8-18)6-14(16)10-19-15/h1-6,19-20H,9-10H2. The van der Waals surface area contributed by atoms with Crippen LogP contribution in [0.3, 0.4) is 0 Å². The maximum absolute atomic E-state index is 8.96. The van der Waals surface area contributed by atoms with Gasteiger partial charge in [-0.15, -0.1) is 0 Å². The molecule has 2 aromatic carbocycles. The molecule has 2 N–H and O–H groups in total. The lowest BCUT2D eigenvalue weighted by Crippen LogP contribution is -2.12. The Balaban J connectivity index is 1.96. The van der Waals surface area contributed by atoms with Crippen molar-refractivity contribution in [3.05, 3.63) is 58.7 Å².